The number of thioether (sulfide) groups is 1. The fourth-order valence-corrected chi connectivity index (χ4v) is 3.79. The van der Waals surface area contributed by atoms with Crippen molar-refractivity contribution in [2.45, 2.75) is 50.8 Å². The number of amides is 1. The minimum absolute atomic E-state index is 0.167. The zero-order valence-corrected chi connectivity index (χ0v) is 18.1. The van der Waals surface area contributed by atoms with Gasteiger partial charge in [0.05, 0.1) is 0 Å². The van der Waals surface area contributed by atoms with Gasteiger partial charge in [0.15, 0.2) is 5.11 Å². The first-order valence-corrected chi connectivity index (χ1v) is 10.2. The van der Waals surface area contributed by atoms with Crippen LogP contribution in [0.4, 0.5) is 0 Å². The SMILES string of the molecule is Cc1ccc(SCc2cccc(C(=O)NNC(=S)NC(C)(C)C)c2)c(C)c1. The molecule has 0 saturated heterocycles. The van der Waals surface area contributed by atoms with Crippen LogP contribution in [0.15, 0.2) is 47.4 Å². The van der Waals surface area contributed by atoms with Crippen molar-refractivity contribution < 1.29 is 4.79 Å². The average Bonchev–Trinajstić information content (AvgIpc) is 2.57. The number of benzene rings is 2. The molecule has 2 aromatic carbocycles. The molecule has 3 N–H and O–H groups in total. The molecule has 0 unspecified atom stereocenters. The lowest BCUT2D eigenvalue weighted by atomic mass is 10.1. The first-order valence-electron chi connectivity index (χ1n) is 8.81. The van der Waals surface area contributed by atoms with E-state index in [0.717, 1.165) is 11.3 Å². The molecule has 0 aliphatic carbocycles. The molecule has 0 heterocycles. The number of nitrogens with one attached hydrogen (secondary N) is 3. The van der Waals surface area contributed by atoms with Crippen molar-refractivity contribution >= 4 is 35.0 Å². The molecule has 0 saturated carbocycles. The minimum Gasteiger partial charge on any atom is -0.357 e. The van der Waals surface area contributed by atoms with Crippen molar-refractivity contribution in [3.8, 4) is 0 Å². The number of rotatable bonds is 4. The fourth-order valence-electron chi connectivity index (χ4n) is 2.48. The maximum absolute atomic E-state index is 12.4. The van der Waals surface area contributed by atoms with Crippen LogP contribution >= 0.6 is 24.0 Å². The maximum atomic E-state index is 12.4. The predicted molar refractivity (Wildman–Crippen MR) is 118 cm³/mol. The van der Waals surface area contributed by atoms with Gasteiger partial charge >= 0.3 is 0 Å². The molecule has 0 spiro atoms. The monoisotopic (exact) mass is 401 g/mol. The molecule has 0 radical (unpaired) electrons. The number of carbonyl (C=O) groups is 1. The maximum Gasteiger partial charge on any atom is 0.269 e. The average molecular weight is 402 g/mol. The zero-order chi connectivity index (χ0) is 20.0. The van der Waals surface area contributed by atoms with Crippen LogP contribution < -0.4 is 16.2 Å². The van der Waals surface area contributed by atoms with Gasteiger partial charge in [-0.1, -0.05) is 29.8 Å². The van der Waals surface area contributed by atoms with Crippen molar-refractivity contribution in [3.63, 3.8) is 0 Å². The Bertz CT molecular complexity index is 828. The highest BCUT2D eigenvalue weighted by atomic mass is 32.2. The normalized spacial score (nSPS) is 11.0. The van der Waals surface area contributed by atoms with Gasteiger partial charge in [-0.05, 0) is 76.2 Å². The number of hydrogen-bond donors (Lipinski definition) is 3. The Hall–Kier alpha value is -2.05. The highest BCUT2D eigenvalue weighted by Gasteiger charge is 2.12. The Balaban J connectivity index is 1.94. The first kappa shape index (κ1) is 21.3. The lowest BCUT2D eigenvalue weighted by Crippen LogP contribution is -2.52. The molecule has 0 bridgehead atoms. The second-order valence-corrected chi connectivity index (χ2v) is 8.97. The van der Waals surface area contributed by atoms with Crippen LogP contribution in [0.25, 0.3) is 0 Å². The molecule has 27 heavy (non-hydrogen) atoms. The third kappa shape index (κ3) is 7.23. The summed E-state index contributed by atoms with van der Waals surface area (Å²) in [5, 5.41) is 3.47. The molecular weight excluding hydrogens is 374 g/mol. The highest BCUT2D eigenvalue weighted by Crippen LogP contribution is 2.26. The van der Waals surface area contributed by atoms with Gasteiger partial charge < -0.3 is 5.32 Å². The van der Waals surface area contributed by atoms with Crippen LogP contribution in [0.2, 0.25) is 0 Å². The first-order chi connectivity index (χ1) is 12.6. The lowest BCUT2D eigenvalue weighted by Gasteiger charge is -2.23. The van der Waals surface area contributed by atoms with Gasteiger partial charge in [0.1, 0.15) is 0 Å². The van der Waals surface area contributed by atoms with Crippen LogP contribution in [0.3, 0.4) is 0 Å². The summed E-state index contributed by atoms with van der Waals surface area (Å²) in [4.78, 5) is 13.6. The summed E-state index contributed by atoms with van der Waals surface area (Å²) in [6, 6.07) is 14.1. The molecule has 144 valence electrons. The number of aryl methyl sites for hydroxylation is 2. The summed E-state index contributed by atoms with van der Waals surface area (Å²) in [5.74, 6) is 0.592. The van der Waals surface area contributed by atoms with Crippen molar-refractivity contribution in [2.24, 2.45) is 0 Å². The molecule has 1 amide bonds. The van der Waals surface area contributed by atoms with Crippen molar-refractivity contribution in [1.29, 1.82) is 0 Å². The highest BCUT2D eigenvalue weighted by molar-refractivity contribution is 7.98. The van der Waals surface area contributed by atoms with E-state index in [1.165, 1.54) is 16.0 Å². The molecule has 4 nitrogen and oxygen atoms in total. The molecule has 0 fully saturated rings. The van der Waals surface area contributed by atoms with E-state index in [0.29, 0.717) is 10.7 Å². The van der Waals surface area contributed by atoms with E-state index >= 15 is 0 Å². The zero-order valence-electron chi connectivity index (χ0n) is 16.5. The van der Waals surface area contributed by atoms with Crippen molar-refractivity contribution in [1.82, 2.24) is 16.2 Å². The van der Waals surface area contributed by atoms with Gasteiger partial charge in [-0.3, -0.25) is 15.6 Å². The quantitative estimate of drug-likeness (QED) is 0.400. The molecule has 0 atom stereocenters. The number of carbonyl (C=O) groups excluding carboxylic acids is 1. The molecule has 0 aromatic heterocycles. The van der Waals surface area contributed by atoms with Crippen LogP contribution in [0.5, 0.6) is 0 Å². The third-order valence-corrected chi connectivity index (χ3v) is 5.14. The van der Waals surface area contributed by atoms with E-state index in [4.69, 9.17) is 12.2 Å². The van der Waals surface area contributed by atoms with Gasteiger partial charge in [-0.15, -0.1) is 11.8 Å². The number of hydrazine groups is 1. The van der Waals surface area contributed by atoms with Gasteiger partial charge in [0.25, 0.3) is 5.91 Å². The van der Waals surface area contributed by atoms with Gasteiger partial charge in [0, 0.05) is 21.8 Å². The Morgan fingerprint density at radius 1 is 1.07 bits per heavy atom. The Kier molecular flexibility index (Phi) is 7.27. The van der Waals surface area contributed by atoms with E-state index < -0.39 is 0 Å². The summed E-state index contributed by atoms with van der Waals surface area (Å²) in [6.07, 6.45) is 0. The third-order valence-electron chi connectivity index (χ3n) is 3.69. The van der Waals surface area contributed by atoms with Gasteiger partial charge in [-0.2, -0.15) is 0 Å². The Morgan fingerprint density at radius 2 is 1.81 bits per heavy atom. The van der Waals surface area contributed by atoms with E-state index in [2.05, 4.69) is 48.2 Å². The van der Waals surface area contributed by atoms with Crippen molar-refractivity contribution in [3.05, 3.63) is 64.7 Å². The summed E-state index contributed by atoms with van der Waals surface area (Å²) >= 11 is 6.95. The molecular formula is C21H27N3OS2. The minimum atomic E-state index is -0.216. The largest absolute Gasteiger partial charge is 0.357 e. The Labute approximate surface area is 171 Å². The van der Waals surface area contributed by atoms with Crippen LogP contribution in [0, 0.1) is 13.8 Å². The topological polar surface area (TPSA) is 53.2 Å². The number of hydrogen-bond acceptors (Lipinski definition) is 3. The molecule has 6 heteroatoms. The van der Waals surface area contributed by atoms with Crippen LogP contribution in [0.1, 0.15) is 47.8 Å². The van der Waals surface area contributed by atoms with Crippen molar-refractivity contribution in [2.75, 3.05) is 0 Å². The summed E-state index contributed by atoms with van der Waals surface area (Å²) in [7, 11) is 0. The smallest absolute Gasteiger partial charge is 0.269 e. The van der Waals surface area contributed by atoms with Crippen LogP contribution in [-0.2, 0) is 5.75 Å². The standard InChI is InChI=1S/C21H27N3OS2/c1-14-9-10-18(15(2)11-14)27-13-16-7-6-8-17(12-16)19(25)23-24-20(26)22-21(3,4)5/h6-12H,13H2,1-5H3,(H,23,25)(H2,22,24,26). The van der Waals surface area contributed by atoms with Gasteiger partial charge in [-0.25, -0.2) is 0 Å². The fraction of sp³-hybridized carbons (Fsp3) is 0.333. The molecule has 0 aliphatic heterocycles. The molecule has 2 rings (SSSR count). The van der Waals surface area contributed by atoms with E-state index in [9.17, 15) is 4.79 Å². The van der Waals surface area contributed by atoms with E-state index in [1.807, 2.05) is 39.0 Å². The summed E-state index contributed by atoms with van der Waals surface area (Å²) in [6.45, 7) is 10.2. The predicted octanol–water partition coefficient (Wildman–Crippen LogP) is 4.50. The lowest BCUT2D eigenvalue weighted by molar-refractivity contribution is 0.0943. The van der Waals surface area contributed by atoms with E-state index in [-0.39, 0.29) is 11.4 Å². The summed E-state index contributed by atoms with van der Waals surface area (Å²) < 4.78 is 0. The molecule has 0 aliphatic rings. The summed E-state index contributed by atoms with van der Waals surface area (Å²) in [5.41, 5.74) is 9.45. The van der Waals surface area contributed by atoms with Gasteiger partial charge in [0.2, 0.25) is 0 Å². The van der Waals surface area contributed by atoms with Crippen LogP contribution in [-0.4, -0.2) is 16.6 Å². The van der Waals surface area contributed by atoms with E-state index in [1.54, 1.807) is 17.8 Å². The Morgan fingerprint density at radius 3 is 2.48 bits per heavy atom. The molecule has 2 aromatic rings. The second-order valence-electron chi connectivity index (χ2n) is 7.54. The number of thiocarbonyl (C=S) groups is 1. The second kappa shape index (κ2) is 9.24.